The summed E-state index contributed by atoms with van der Waals surface area (Å²) < 4.78 is 5.61. The molecular formula is C12H23NO5. The Bertz CT molecular complexity index is 285. The van der Waals surface area contributed by atoms with Gasteiger partial charge in [-0.3, -0.25) is 4.79 Å². The normalized spacial score (nSPS) is 14.9. The summed E-state index contributed by atoms with van der Waals surface area (Å²) in [6.45, 7) is 2.01. The van der Waals surface area contributed by atoms with Gasteiger partial charge in [-0.2, -0.15) is 0 Å². The molecule has 0 rings (SSSR count). The first-order valence-corrected chi connectivity index (χ1v) is 5.94. The quantitative estimate of drug-likeness (QED) is 0.436. The molecule has 0 aliphatic carbocycles. The summed E-state index contributed by atoms with van der Waals surface area (Å²) in [5.41, 5.74) is 0. The Balaban J connectivity index is 4.40. The number of esters is 1. The van der Waals surface area contributed by atoms with Crippen molar-refractivity contribution in [2.75, 3.05) is 34.3 Å². The van der Waals surface area contributed by atoms with Crippen LogP contribution in [0.4, 0.5) is 0 Å². The molecule has 0 aromatic heterocycles. The molecule has 106 valence electrons. The lowest BCUT2D eigenvalue weighted by atomic mass is 10.1. The first-order chi connectivity index (χ1) is 8.14. The SMILES string of the molecule is CC(CO)CC(=O)OC(CC(=O)[O-])C[N+](C)(C)C. The van der Waals surface area contributed by atoms with Crippen molar-refractivity contribution in [1.82, 2.24) is 0 Å². The Morgan fingerprint density at radius 2 is 1.83 bits per heavy atom. The molecule has 0 amide bonds. The van der Waals surface area contributed by atoms with Crippen LogP contribution in [0.3, 0.4) is 0 Å². The number of aliphatic hydroxyl groups excluding tert-OH is 1. The smallest absolute Gasteiger partial charge is 0.306 e. The van der Waals surface area contributed by atoms with Crippen LogP contribution in [-0.2, 0) is 14.3 Å². The molecule has 0 bridgehead atoms. The minimum atomic E-state index is -1.24. The lowest BCUT2D eigenvalue weighted by molar-refractivity contribution is -0.873. The maximum Gasteiger partial charge on any atom is 0.306 e. The summed E-state index contributed by atoms with van der Waals surface area (Å²) in [6, 6.07) is 0. The summed E-state index contributed by atoms with van der Waals surface area (Å²) in [5.74, 6) is -1.92. The average Bonchev–Trinajstić information content (AvgIpc) is 2.12. The van der Waals surface area contributed by atoms with E-state index in [2.05, 4.69) is 0 Å². The number of aliphatic carboxylic acids is 1. The van der Waals surface area contributed by atoms with Crippen LogP contribution in [0, 0.1) is 5.92 Å². The van der Waals surface area contributed by atoms with Gasteiger partial charge in [0, 0.05) is 19.0 Å². The van der Waals surface area contributed by atoms with E-state index in [4.69, 9.17) is 9.84 Å². The van der Waals surface area contributed by atoms with Gasteiger partial charge in [0.25, 0.3) is 0 Å². The van der Waals surface area contributed by atoms with Gasteiger partial charge in [-0.05, 0) is 5.92 Å². The summed E-state index contributed by atoms with van der Waals surface area (Å²) in [5, 5.41) is 19.4. The van der Waals surface area contributed by atoms with Gasteiger partial charge in [0.05, 0.1) is 27.6 Å². The molecule has 2 unspecified atom stereocenters. The van der Waals surface area contributed by atoms with Gasteiger partial charge in [0.15, 0.2) is 6.10 Å². The molecule has 0 spiro atoms. The summed E-state index contributed by atoms with van der Waals surface area (Å²) in [7, 11) is 5.64. The lowest BCUT2D eigenvalue weighted by Crippen LogP contribution is -2.45. The zero-order valence-corrected chi connectivity index (χ0v) is 11.5. The van der Waals surface area contributed by atoms with Crippen LogP contribution in [0.5, 0.6) is 0 Å². The van der Waals surface area contributed by atoms with E-state index in [0.29, 0.717) is 11.0 Å². The largest absolute Gasteiger partial charge is 0.550 e. The third-order valence-corrected chi connectivity index (χ3v) is 2.27. The number of ether oxygens (including phenoxy) is 1. The van der Waals surface area contributed by atoms with Crippen molar-refractivity contribution >= 4 is 11.9 Å². The Morgan fingerprint density at radius 3 is 2.22 bits per heavy atom. The highest BCUT2D eigenvalue weighted by molar-refractivity contribution is 5.71. The standard InChI is InChI=1S/C12H23NO5/c1-9(8-14)5-12(17)18-10(6-11(15)16)7-13(2,3)4/h9-10,14H,5-8H2,1-4H3. The second kappa shape index (κ2) is 7.33. The highest BCUT2D eigenvalue weighted by Gasteiger charge is 2.23. The first-order valence-electron chi connectivity index (χ1n) is 5.94. The number of rotatable bonds is 8. The number of nitrogens with zero attached hydrogens (tertiary/aromatic N) is 1. The minimum absolute atomic E-state index is 0.0805. The Kier molecular flexibility index (Phi) is 6.86. The number of hydrogen-bond donors (Lipinski definition) is 1. The van der Waals surface area contributed by atoms with E-state index >= 15 is 0 Å². The summed E-state index contributed by atoms with van der Waals surface area (Å²) >= 11 is 0. The molecule has 18 heavy (non-hydrogen) atoms. The average molecular weight is 261 g/mol. The molecule has 0 aliphatic rings. The van der Waals surface area contributed by atoms with Gasteiger partial charge in [-0.15, -0.1) is 0 Å². The maximum atomic E-state index is 11.5. The van der Waals surface area contributed by atoms with Crippen LogP contribution in [0.2, 0.25) is 0 Å². The molecule has 1 N–H and O–H groups in total. The van der Waals surface area contributed by atoms with Crippen LogP contribution in [0.25, 0.3) is 0 Å². The summed E-state index contributed by atoms with van der Waals surface area (Å²) in [6.07, 6.45) is -0.931. The monoisotopic (exact) mass is 261 g/mol. The van der Waals surface area contributed by atoms with E-state index < -0.39 is 18.0 Å². The second-order valence-electron chi connectivity index (χ2n) is 5.65. The fraction of sp³-hybridized carbons (Fsp3) is 0.833. The van der Waals surface area contributed by atoms with E-state index in [1.165, 1.54) is 0 Å². The van der Waals surface area contributed by atoms with Gasteiger partial charge in [-0.1, -0.05) is 6.92 Å². The van der Waals surface area contributed by atoms with Crippen molar-refractivity contribution in [1.29, 1.82) is 0 Å². The topological polar surface area (TPSA) is 86.7 Å². The number of quaternary nitrogens is 1. The summed E-state index contributed by atoms with van der Waals surface area (Å²) in [4.78, 5) is 22.1. The second-order valence-corrected chi connectivity index (χ2v) is 5.65. The van der Waals surface area contributed by atoms with Crippen molar-refractivity contribution in [2.45, 2.75) is 25.9 Å². The molecule has 6 heteroatoms. The van der Waals surface area contributed by atoms with Crippen molar-refractivity contribution in [3.8, 4) is 0 Å². The fourth-order valence-corrected chi connectivity index (χ4v) is 1.52. The number of carboxylic acids is 1. The molecule has 0 fully saturated rings. The Hall–Kier alpha value is -1.14. The molecule has 0 radical (unpaired) electrons. The van der Waals surface area contributed by atoms with E-state index in [9.17, 15) is 14.7 Å². The number of aliphatic hydroxyl groups is 1. The van der Waals surface area contributed by atoms with Crippen molar-refractivity contribution in [3.63, 3.8) is 0 Å². The van der Waals surface area contributed by atoms with E-state index in [1.807, 2.05) is 21.1 Å². The molecule has 0 saturated heterocycles. The van der Waals surface area contributed by atoms with Gasteiger partial charge < -0.3 is 24.2 Å². The van der Waals surface area contributed by atoms with Crippen LogP contribution < -0.4 is 5.11 Å². The highest BCUT2D eigenvalue weighted by Crippen LogP contribution is 2.09. The maximum absolute atomic E-state index is 11.5. The van der Waals surface area contributed by atoms with Crippen LogP contribution in [0.1, 0.15) is 19.8 Å². The number of carboxylic acid groups (broad SMARTS) is 1. The zero-order chi connectivity index (χ0) is 14.3. The lowest BCUT2D eigenvalue weighted by Gasteiger charge is -2.29. The van der Waals surface area contributed by atoms with E-state index in [-0.39, 0.29) is 25.4 Å². The Labute approximate surface area is 108 Å². The number of likely N-dealkylation sites (N-methyl/N-ethyl adjacent to an activating group) is 1. The van der Waals surface area contributed by atoms with Crippen LogP contribution in [0.15, 0.2) is 0 Å². The predicted molar refractivity (Wildman–Crippen MR) is 63.3 cm³/mol. The third-order valence-electron chi connectivity index (χ3n) is 2.27. The van der Waals surface area contributed by atoms with E-state index in [0.717, 1.165) is 0 Å². The molecule has 0 aliphatic heterocycles. The zero-order valence-electron chi connectivity index (χ0n) is 11.5. The number of carbonyl (C=O) groups excluding carboxylic acids is 2. The van der Waals surface area contributed by atoms with E-state index in [1.54, 1.807) is 6.92 Å². The third kappa shape index (κ3) is 8.95. The van der Waals surface area contributed by atoms with Crippen LogP contribution in [-0.4, -0.2) is 61.9 Å². The first kappa shape index (κ1) is 16.9. The molecule has 0 heterocycles. The predicted octanol–water partition coefficient (Wildman–Crippen LogP) is -1.24. The Morgan fingerprint density at radius 1 is 1.28 bits per heavy atom. The number of carbonyl (C=O) groups is 2. The molecule has 6 nitrogen and oxygen atoms in total. The highest BCUT2D eigenvalue weighted by atomic mass is 16.5. The fourth-order valence-electron chi connectivity index (χ4n) is 1.52. The van der Waals surface area contributed by atoms with Gasteiger partial charge in [-0.25, -0.2) is 0 Å². The van der Waals surface area contributed by atoms with Crippen LogP contribution >= 0.6 is 0 Å². The minimum Gasteiger partial charge on any atom is -0.550 e. The number of hydrogen-bond acceptors (Lipinski definition) is 5. The molecule has 0 saturated carbocycles. The van der Waals surface area contributed by atoms with Gasteiger partial charge in [0.1, 0.15) is 6.54 Å². The molecule has 0 aromatic rings. The van der Waals surface area contributed by atoms with Gasteiger partial charge >= 0.3 is 5.97 Å². The van der Waals surface area contributed by atoms with Gasteiger partial charge in [0.2, 0.25) is 0 Å². The molecule has 2 atom stereocenters. The van der Waals surface area contributed by atoms with Crippen molar-refractivity contribution in [3.05, 3.63) is 0 Å². The molecule has 0 aromatic carbocycles. The molecular weight excluding hydrogens is 238 g/mol. The van der Waals surface area contributed by atoms with Crippen molar-refractivity contribution in [2.24, 2.45) is 5.92 Å². The van der Waals surface area contributed by atoms with Crippen molar-refractivity contribution < 1.29 is 29.0 Å².